The number of imidazole rings is 1. The molecule has 0 amide bonds. The third kappa shape index (κ3) is 2.31. The van der Waals surface area contributed by atoms with Crippen molar-refractivity contribution < 1.29 is 9.47 Å². The quantitative estimate of drug-likeness (QED) is 0.766. The normalized spacial score (nSPS) is 32.9. The van der Waals surface area contributed by atoms with Crippen LogP contribution < -0.4 is 4.74 Å². The maximum absolute atomic E-state index is 6.20. The highest BCUT2D eigenvalue weighted by Gasteiger charge is 2.55. The summed E-state index contributed by atoms with van der Waals surface area (Å²) in [5.41, 5.74) is 2.32. The first-order chi connectivity index (χ1) is 11.6. The maximum atomic E-state index is 6.20. The second-order valence-electron chi connectivity index (χ2n) is 8.10. The lowest BCUT2D eigenvalue weighted by molar-refractivity contribution is -0.00626. The van der Waals surface area contributed by atoms with Gasteiger partial charge in [0, 0.05) is 23.9 Å². The Morgan fingerprint density at radius 1 is 1.29 bits per heavy atom. The van der Waals surface area contributed by atoms with Crippen LogP contribution in [0.5, 0.6) is 5.75 Å². The Bertz CT molecular complexity index is 786. The van der Waals surface area contributed by atoms with Crippen molar-refractivity contribution >= 4 is 21.6 Å². The zero-order chi connectivity index (χ0) is 16.4. The third-order valence-electron chi connectivity index (χ3n) is 6.19. The van der Waals surface area contributed by atoms with Gasteiger partial charge in [-0.2, -0.15) is 0 Å². The fraction of sp³-hybridized carbons (Fsp3) is 0.632. The summed E-state index contributed by atoms with van der Waals surface area (Å²) in [6.45, 7) is 3.04. The molecule has 128 valence electrons. The third-order valence-corrected chi connectivity index (χ3v) is 6.79. The van der Waals surface area contributed by atoms with Gasteiger partial charge in [-0.3, -0.25) is 0 Å². The van der Waals surface area contributed by atoms with Gasteiger partial charge in [0.1, 0.15) is 11.4 Å². The van der Waals surface area contributed by atoms with Crippen molar-refractivity contribution in [2.75, 3.05) is 6.61 Å². The molecule has 0 aromatic carbocycles. The van der Waals surface area contributed by atoms with Crippen LogP contribution in [0.4, 0.5) is 0 Å². The second-order valence-corrected chi connectivity index (χ2v) is 8.95. The number of ether oxygens (including phenoxy) is 2. The van der Waals surface area contributed by atoms with Crippen LogP contribution in [0.3, 0.4) is 0 Å². The minimum atomic E-state index is 0.0626. The summed E-state index contributed by atoms with van der Waals surface area (Å²) in [7, 11) is 0. The monoisotopic (exact) mass is 390 g/mol. The van der Waals surface area contributed by atoms with Gasteiger partial charge in [0.15, 0.2) is 0 Å². The number of hydrogen-bond acceptors (Lipinski definition) is 3. The fourth-order valence-electron chi connectivity index (χ4n) is 4.77. The van der Waals surface area contributed by atoms with Crippen LogP contribution in [0, 0.1) is 0 Å². The van der Waals surface area contributed by atoms with Crippen LogP contribution >= 0.6 is 15.9 Å². The topological polar surface area (TPSA) is 35.8 Å². The number of nitrogens with zero attached hydrogens (tertiary/aromatic N) is 2. The Morgan fingerprint density at radius 3 is 2.79 bits per heavy atom. The Balaban J connectivity index is 1.50. The van der Waals surface area contributed by atoms with Gasteiger partial charge in [-0.05, 0) is 67.8 Å². The van der Waals surface area contributed by atoms with Crippen molar-refractivity contribution in [2.24, 2.45) is 0 Å². The van der Waals surface area contributed by atoms with Gasteiger partial charge in [0.25, 0.3) is 0 Å². The number of hydrogen-bond donors (Lipinski definition) is 0. The molecule has 0 spiro atoms. The number of aromatic nitrogens is 2. The molecule has 0 radical (unpaired) electrons. The van der Waals surface area contributed by atoms with Crippen LogP contribution in [0.25, 0.3) is 5.65 Å². The SMILES string of the molecule is CC12CCC(c3cn4cc(Br)c(OC5CCCC5)cc4n3)(CO1)C2. The van der Waals surface area contributed by atoms with Crippen molar-refractivity contribution in [3.8, 4) is 5.75 Å². The molecule has 3 fully saturated rings. The molecule has 0 N–H and O–H groups in total. The van der Waals surface area contributed by atoms with Gasteiger partial charge >= 0.3 is 0 Å². The summed E-state index contributed by atoms with van der Waals surface area (Å²) in [5.74, 6) is 0.919. The summed E-state index contributed by atoms with van der Waals surface area (Å²) in [4.78, 5) is 4.95. The lowest BCUT2D eigenvalue weighted by Crippen LogP contribution is -2.26. The van der Waals surface area contributed by atoms with E-state index in [0.717, 1.165) is 48.2 Å². The molecule has 24 heavy (non-hydrogen) atoms. The lowest BCUT2D eigenvalue weighted by atomic mass is 9.84. The maximum Gasteiger partial charge on any atom is 0.140 e. The first-order valence-electron chi connectivity index (χ1n) is 9.05. The first-order valence-corrected chi connectivity index (χ1v) is 9.84. The smallest absolute Gasteiger partial charge is 0.140 e. The minimum absolute atomic E-state index is 0.0626. The van der Waals surface area contributed by atoms with E-state index in [2.05, 4.69) is 45.7 Å². The average Bonchev–Trinajstić information content (AvgIpc) is 3.30. The molecule has 1 saturated heterocycles. The van der Waals surface area contributed by atoms with Crippen LogP contribution in [0.15, 0.2) is 22.9 Å². The molecule has 3 aliphatic rings. The highest BCUT2D eigenvalue weighted by molar-refractivity contribution is 9.10. The minimum Gasteiger partial charge on any atom is -0.489 e. The predicted octanol–water partition coefficient (Wildman–Crippen LogP) is 4.63. The average molecular weight is 391 g/mol. The molecule has 2 unspecified atom stereocenters. The predicted molar refractivity (Wildman–Crippen MR) is 95.7 cm³/mol. The lowest BCUT2D eigenvalue weighted by Gasteiger charge is -2.24. The largest absolute Gasteiger partial charge is 0.489 e. The van der Waals surface area contributed by atoms with Gasteiger partial charge in [-0.25, -0.2) is 4.98 Å². The van der Waals surface area contributed by atoms with Gasteiger partial charge in [-0.15, -0.1) is 0 Å². The van der Waals surface area contributed by atoms with E-state index in [9.17, 15) is 0 Å². The summed E-state index contributed by atoms with van der Waals surface area (Å²) < 4.78 is 15.4. The standard InChI is InChI=1S/C19H23BrN2O2/c1-18-6-7-19(11-18,12-23-18)16-10-22-9-14(20)15(8-17(22)21-16)24-13-4-2-3-5-13/h8-10,13H,2-7,11-12H2,1H3. The Morgan fingerprint density at radius 2 is 2.12 bits per heavy atom. The molecule has 2 aromatic rings. The van der Waals surface area contributed by atoms with E-state index in [1.807, 2.05) is 0 Å². The Kier molecular flexibility index (Phi) is 3.30. The first kappa shape index (κ1) is 15.2. The number of halogens is 1. The van der Waals surface area contributed by atoms with Crippen molar-refractivity contribution in [3.63, 3.8) is 0 Å². The summed E-state index contributed by atoms with van der Waals surface area (Å²) in [5, 5.41) is 0. The Labute approximate surface area is 150 Å². The van der Waals surface area contributed by atoms with E-state index in [4.69, 9.17) is 14.5 Å². The Hall–Kier alpha value is -1.07. The van der Waals surface area contributed by atoms with Gasteiger partial charge in [0.05, 0.1) is 28.5 Å². The van der Waals surface area contributed by atoms with Crippen molar-refractivity contribution in [1.82, 2.24) is 9.38 Å². The molecule has 2 aromatic heterocycles. The molecule has 2 atom stereocenters. The van der Waals surface area contributed by atoms with Gasteiger partial charge in [0.2, 0.25) is 0 Å². The summed E-state index contributed by atoms with van der Waals surface area (Å²) in [6, 6.07) is 2.08. The molecule has 5 heteroatoms. The van der Waals surface area contributed by atoms with E-state index in [1.165, 1.54) is 25.0 Å². The van der Waals surface area contributed by atoms with E-state index in [1.54, 1.807) is 0 Å². The van der Waals surface area contributed by atoms with Gasteiger partial charge in [-0.1, -0.05) is 0 Å². The van der Waals surface area contributed by atoms with Crippen molar-refractivity contribution in [2.45, 2.75) is 69.0 Å². The van der Waals surface area contributed by atoms with Gasteiger partial charge < -0.3 is 13.9 Å². The molecule has 2 bridgehead atoms. The summed E-state index contributed by atoms with van der Waals surface area (Å²) in [6.07, 6.45) is 12.9. The second kappa shape index (κ2) is 5.21. The molecular formula is C19H23BrN2O2. The van der Waals surface area contributed by atoms with Crippen LogP contribution in [-0.4, -0.2) is 27.7 Å². The molecular weight excluding hydrogens is 368 g/mol. The number of rotatable bonds is 3. The fourth-order valence-corrected chi connectivity index (χ4v) is 5.20. The van der Waals surface area contributed by atoms with E-state index in [0.29, 0.717) is 6.10 Å². The van der Waals surface area contributed by atoms with E-state index < -0.39 is 0 Å². The molecule has 2 saturated carbocycles. The van der Waals surface area contributed by atoms with E-state index in [-0.39, 0.29) is 11.0 Å². The highest BCUT2D eigenvalue weighted by Crippen LogP contribution is 2.53. The molecule has 4 nitrogen and oxygen atoms in total. The zero-order valence-corrected chi connectivity index (χ0v) is 15.6. The summed E-state index contributed by atoms with van der Waals surface area (Å²) >= 11 is 3.67. The van der Waals surface area contributed by atoms with Crippen molar-refractivity contribution in [1.29, 1.82) is 0 Å². The molecule has 1 aliphatic heterocycles. The highest BCUT2D eigenvalue weighted by atomic mass is 79.9. The molecule has 5 rings (SSSR count). The van der Waals surface area contributed by atoms with Crippen molar-refractivity contribution in [3.05, 3.63) is 28.6 Å². The van der Waals surface area contributed by atoms with Crippen LogP contribution in [0.2, 0.25) is 0 Å². The number of pyridine rings is 1. The molecule has 2 aliphatic carbocycles. The van der Waals surface area contributed by atoms with Crippen LogP contribution in [0.1, 0.15) is 57.6 Å². The van der Waals surface area contributed by atoms with Crippen LogP contribution in [-0.2, 0) is 10.2 Å². The molecule has 3 heterocycles. The number of fused-ring (bicyclic) bond motifs is 3. The zero-order valence-electron chi connectivity index (χ0n) is 14.1. The van der Waals surface area contributed by atoms with E-state index >= 15 is 0 Å².